The van der Waals surface area contributed by atoms with Crippen molar-refractivity contribution in [3.63, 3.8) is 0 Å². The van der Waals surface area contributed by atoms with E-state index in [4.69, 9.17) is 13.6 Å². The minimum atomic E-state index is -4.47. The number of hydrogen-bond acceptors (Lipinski definition) is 7. The first-order valence-corrected chi connectivity index (χ1v) is 14.4. The zero-order valence-electron chi connectivity index (χ0n) is 22.7. The molecule has 0 aliphatic carbocycles. The second-order valence-corrected chi connectivity index (χ2v) is 10.8. The van der Waals surface area contributed by atoms with Gasteiger partial charge < -0.3 is 13.6 Å². The van der Waals surface area contributed by atoms with Crippen LogP contribution in [0.1, 0.15) is 17.1 Å². The predicted molar refractivity (Wildman–Crippen MR) is 154 cm³/mol. The molecular formula is C30H27N6O4P. The molecule has 41 heavy (non-hydrogen) atoms. The van der Waals surface area contributed by atoms with Crippen LogP contribution in [0.25, 0.3) is 17.1 Å². The Balaban J connectivity index is 1.44. The lowest BCUT2D eigenvalue weighted by Crippen LogP contribution is -2.13. The Morgan fingerprint density at radius 1 is 0.488 bits per heavy atom. The van der Waals surface area contributed by atoms with Crippen molar-refractivity contribution in [2.24, 2.45) is 0 Å². The van der Waals surface area contributed by atoms with Crippen LogP contribution in [-0.2, 0) is 4.57 Å². The molecule has 0 saturated carbocycles. The van der Waals surface area contributed by atoms with Gasteiger partial charge >= 0.3 is 7.82 Å². The zero-order valence-corrected chi connectivity index (χ0v) is 23.6. The van der Waals surface area contributed by atoms with Crippen molar-refractivity contribution in [2.75, 3.05) is 0 Å². The Labute approximate surface area is 237 Å². The van der Waals surface area contributed by atoms with E-state index in [9.17, 15) is 4.57 Å². The molecule has 0 bridgehead atoms. The Bertz CT molecular complexity index is 1620. The van der Waals surface area contributed by atoms with Crippen molar-refractivity contribution in [3.05, 3.63) is 126 Å². The average molecular weight is 567 g/mol. The number of aromatic nitrogens is 6. The topological polar surface area (TPSA) is 98.2 Å². The number of phosphoric acid groups is 1. The zero-order chi connectivity index (χ0) is 28.4. The van der Waals surface area contributed by atoms with Gasteiger partial charge in [0.15, 0.2) is 0 Å². The summed E-state index contributed by atoms with van der Waals surface area (Å²) in [6.45, 7) is 5.46. The molecule has 0 amide bonds. The molecule has 0 radical (unpaired) electrons. The van der Waals surface area contributed by atoms with Gasteiger partial charge in [-0.3, -0.25) is 0 Å². The summed E-state index contributed by atoms with van der Waals surface area (Å²) < 4.78 is 37.8. The van der Waals surface area contributed by atoms with Crippen LogP contribution in [0, 0.1) is 20.8 Å². The maximum absolute atomic E-state index is 14.7. The number of rotatable bonds is 9. The van der Waals surface area contributed by atoms with Crippen molar-refractivity contribution in [3.8, 4) is 34.7 Å². The lowest BCUT2D eigenvalue weighted by Gasteiger charge is -2.20. The quantitative estimate of drug-likeness (QED) is 0.177. The molecule has 0 aliphatic rings. The maximum atomic E-state index is 14.7. The van der Waals surface area contributed by atoms with E-state index in [1.165, 1.54) is 0 Å². The van der Waals surface area contributed by atoms with Gasteiger partial charge in [-0.1, -0.05) is 54.6 Å². The number of para-hydroxylation sites is 3. The lowest BCUT2D eigenvalue weighted by molar-refractivity contribution is 0.278. The van der Waals surface area contributed by atoms with Crippen LogP contribution in [0.3, 0.4) is 0 Å². The number of hydrogen-bond donors (Lipinski definition) is 0. The molecule has 0 N–H and O–H groups in total. The van der Waals surface area contributed by atoms with Gasteiger partial charge in [0.05, 0.1) is 34.1 Å². The van der Waals surface area contributed by atoms with Crippen molar-refractivity contribution in [1.29, 1.82) is 0 Å². The Kier molecular flexibility index (Phi) is 6.91. The molecule has 6 rings (SSSR count). The maximum Gasteiger partial charge on any atom is 0.650 e. The third-order valence-electron chi connectivity index (χ3n) is 6.01. The number of nitrogens with zero attached hydrogens (tertiary/aromatic N) is 6. The van der Waals surface area contributed by atoms with Gasteiger partial charge in [-0.05, 0) is 57.2 Å². The standard InChI is InChI=1S/C30H27N6O4P/c1-22-19-28(34(31-22)25-13-7-4-8-14-25)38-41(37,39-29-20-23(2)32-35(29)26-15-9-5-10-16-26)40-30-21-24(3)33-36(30)27-17-11-6-12-18-27/h4-21H,1-3H3. The highest BCUT2D eigenvalue weighted by Crippen LogP contribution is 2.51. The van der Waals surface area contributed by atoms with Crippen molar-refractivity contribution < 1.29 is 18.1 Å². The Hall–Kier alpha value is -5.08. The van der Waals surface area contributed by atoms with E-state index in [0.29, 0.717) is 17.1 Å². The number of phosphoric ester groups is 1. The van der Waals surface area contributed by atoms with Crippen LogP contribution in [-0.4, -0.2) is 29.3 Å². The molecule has 206 valence electrons. The summed E-state index contributed by atoms with van der Waals surface area (Å²) >= 11 is 0. The van der Waals surface area contributed by atoms with Crippen LogP contribution >= 0.6 is 7.82 Å². The van der Waals surface area contributed by atoms with E-state index in [0.717, 1.165) is 17.1 Å². The summed E-state index contributed by atoms with van der Waals surface area (Å²) in [6.07, 6.45) is 0. The average Bonchev–Trinajstić information content (AvgIpc) is 3.65. The van der Waals surface area contributed by atoms with E-state index in [1.54, 1.807) is 32.2 Å². The normalized spacial score (nSPS) is 11.4. The molecule has 0 atom stereocenters. The molecule has 0 saturated heterocycles. The van der Waals surface area contributed by atoms with Gasteiger partial charge in [-0.15, -0.1) is 0 Å². The summed E-state index contributed by atoms with van der Waals surface area (Å²) in [6, 6.07) is 33.2. The molecule has 0 aliphatic heterocycles. The summed E-state index contributed by atoms with van der Waals surface area (Å²) in [5.74, 6) is 0.547. The summed E-state index contributed by atoms with van der Waals surface area (Å²) in [5, 5.41) is 13.6. The predicted octanol–water partition coefficient (Wildman–Crippen LogP) is 6.81. The molecule has 10 nitrogen and oxygen atoms in total. The molecule has 0 fully saturated rings. The fourth-order valence-electron chi connectivity index (χ4n) is 4.28. The first-order chi connectivity index (χ1) is 19.9. The first kappa shape index (κ1) is 26.2. The van der Waals surface area contributed by atoms with Crippen molar-refractivity contribution >= 4 is 7.82 Å². The van der Waals surface area contributed by atoms with Gasteiger partial charge in [0.1, 0.15) is 0 Å². The molecule has 3 aromatic heterocycles. The highest BCUT2D eigenvalue weighted by atomic mass is 31.2. The lowest BCUT2D eigenvalue weighted by atomic mass is 10.3. The highest BCUT2D eigenvalue weighted by Gasteiger charge is 2.38. The smallest absolute Gasteiger partial charge is 0.367 e. The highest BCUT2D eigenvalue weighted by molar-refractivity contribution is 7.49. The minimum Gasteiger partial charge on any atom is -0.367 e. The van der Waals surface area contributed by atoms with Crippen LogP contribution in [0.15, 0.2) is 109 Å². The van der Waals surface area contributed by atoms with Gasteiger partial charge in [-0.25, -0.2) is 14.0 Å². The van der Waals surface area contributed by atoms with Crippen LogP contribution in [0.5, 0.6) is 17.6 Å². The van der Waals surface area contributed by atoms with E-state index in [2.05, 4.69) is 15.3 Å². The summed E-state index contributed by atoms with van der Waals surface area (Å²) in [5.41, 5.74) is 4.13. The van der Waals surface area contributed by atoms with Gasteiger partial charge in [0.25, 0.3) is 0 Å². The van der Waals surface area contributed by atoms with Crippen LogP contribution < -0.4 is 13.6 Å². The van der Waals surface area contributed by atoms with Crippen molar-refractivity contribution in [1.82, 2.24) is 29.3 Å². The monoisotopic (exact) mass is 566 g/mol. The SMILES string of the molecule is Cc1cc(OP(=O)(Oc2cc(C)nn2-c2ccccc2)Oc2cc(C)nn2-c2ccccc2)n(-c2ccccc2)n1. The Morgan fingerprint density at radius 2 is 0.756 bits per heavy atom. The molecule has 6 aromatic rings. The van der Waals surface area contributed by atoms with E-state index in [-0.39, 0.29) is 17.6 Å². The number of aryl methyl sites for hydroxylation is 3. The fraction of sp³-hybridized carbons (Fsp3) is 0.100. The van der Waals surface area contributed by atoms with Gasteiger partial charge in [0, 0.05) is 18.2 Å². The minimum absolute atomic E-state index is 0.182. The van der Waals surface area contributed by atoms with E-state index < -0.39 is 7.82 Å². The van der Waals surface area contributed by atoms with Crippen LogP contribution in [0.4, 0.5) is 0 Å². The molecule has 0 spiro atoms. The molecule has 0 unspecified atom stereocenters. The Morgan fingerprint density at radius 3 is 1.02 bits per heavy atom. The van der Waals surface area contributed by atoms with Gasteiger partial charge in [-0.2, -0.15) is 19.9 Å². The van der Waals surface area contributed by atoms with Crippen LogP contribution in [0.2, 0.25) is 0 Å². The molecule has 11 heteroatoms. The fourth-order valence-corrected chi connectivity index (χ4v) is 5.47. The third-order valence-corrected chi connectivity index (χ3v) is 7.25. The number of benzene rings is 3. The molecular weight excluding hydrogens is 539 g/mol. The first-order valence-electron chi connectivity index (χ1n) is 12.9. The summed E-state index contributed by atoms with van der Waals surface area (Å²) in [4.78, 5) is 0. The molecule has 3 heterocycles. The second-order valence-electron chi connectivity index (χ2n) is 9.34. The molecule has 3 aromatic carbocycles. The van der Waals surface area contributed by atoms with Gasteiger partial charge in [0.2, 0.25) is 17.6 Å². The van der Waals surface area contributed by atoms with Crippen molar-refractivity contribution in [2.45, 2.75) is 20.8 Å². The largest absolute Gasteiger partial charge is 0.650 e. The third kappa shape index (κ3) is 5.64. The second kappa shape index (κ2) is 10.8. The van der Waals surface area contributed by atoms with E-state index >= 15 is 0 Å². The summed E-state index contributed by atoms with van der Waals surface area (Å²) in [7, 11) is -4.47. The van der Waals surface area contributed by atoms with E-state index in [1.807, 2.05) is 112 Å².